The fraction of sp³-hybridized carbons (Fsp3) is 0.250. The third-order valence-electron chi connectivity index (χ3n) is 2.75. The van der Waals surface area contributed by atoms with E-state index in [-0.39, 0.29) is 0 Å². The molecule has 0 saturated carbocycles. The minimum Gasteiger partial charge on any atom is -0.379 e. The fourth-order valence-corrected chi connectivity index (χ4v) is 3.00. The van der Waals surface area contributed by atoms with Crippen molar-refractivity contribution in [3.8, 4) is 0 Å². The molecular weight excluding hydrogens is 304 g/mol. The summed E-state index contributed by atoms with van der Waals surface area (Å²) in [6.07, 6.45) is 1.65. The summed E-state index contributed by atoms with van der Waals surface area (Å²) in [6.45, 7) is 1.70. The van der Waals surface area contributed by atoms with E-state index in [1.807, 2.05) is 18.2 Å². The lowest BCUT2D eigenvalue weighted by Gasteiger charge is -2.25. The van der Waals surface area contributed by atoms with E-state index >= 15 is 0 Å². The van der Waals surface area contributed by atoms with Crippen LogP contribution in [0, 0.1) is 0 Å². The topological polar surface area (TPSA) is 38.0 Å². The van der Waals surface area contributed by atoms with Crippen molar-refractivity contribution in [2.75, 3.05) is 0 Å². The van der Waals surface area contributed by atoms with Gasteiger partial charge in [-0.15, -0.1) is 0 Å². The standard InChI is InChI=1S/C12H12BrClN2O/c1-12(17,8-5-3-4-6-10(8)14)11-9(13)7-15-16(11)2/h3-7,17H,1-2H3. The van der Waals surface area contributed by atoms with E-state index in [4.69, 9.17) is 11.6 Å². The van der Waals surface area contributed by atoms with Crippen molar-refractivity contribution in [2.45, 2.75) is 12.5 Å². The maximum absolute atomic E-state index is 10.7. The average Bonchev–Trinajstić information content (AvgIpc) is 2.59. The first kappa shape index (κ1) is 12.6. The fourth-order valence-electron chi connectivity index (χ4n) is 1.94. The quantitative estimate of drug-likeness (QED) is 0.925. The number of aromatic nitrogens is 2. The number of aryl methyl sites for hydroxylation is 1. The molecule has 0 spiro atoms. The monoisotopic (exact) mass is 314 g/mol. The van der Waals surface area contributed by atoms with Gasteiger partial charge in [-0.05, 0) is 28.9 Å². The van der Waals surface area contributed by atoms with E-state index in [2.05, 4.69) is 21.0 Å². The Morgan fingerprint density at radius 3 is 2.59 bits per heavy atom. The molecule has 0 fully saturated rings. The van der Waals surface area contributed by atoms with E-state index in [1.54, 1.807) is 30.9 Å². The van der Waals surface area contributed by atoms with Crippen LogP contribution in [0.25, 0.3) is 0 Å². The summed E-state index contributed by atoms with van der Waals surface area (Å²) < 4.78 is 2.39. The van der Waals surface area contributed by atoms with Gasteiger partial charge in [0, 0.05) is 17.6 Å². The molecule has 0 bridgehead atoms. The van der Waals surface area contributed by atoms with Gasteiger partial charge in [-0.3, -0.25) is 4.68 Å². The molecule has 1 aromatic heterocycles. The molecule has 17 heavy (non-hydrogen) atoms. The van der Waals surface area contributed by atoms with Crippen molar-refractivity contribution in [3.05, 3.63) is 51.2 Å². The SMILES string of the molecule is Cn1ncc(Br)c1C(C)(O)c1ccccc1Cl. The average molecular weight is 316 g/mol. The Morgan fingerprint density at radius 1 is 1.41 bits per heavy atom. The van der Waals surface area contributed by atoms with Crippen LogP contribution in [0.5, 0.6) is 0 Å². The molecule has 1 N–H and O–H groups in total. The van der Waals surface area contributed by atoms with Crippen LogP contribution in [-0.4, -0.2) is 14.9 Å². The molecule has 2 rings (SSSR count). The molecule has 1 aromatic carbocycles. The van der Waals surface area contributed by atoms with Gasteiger partial charge in [0.25, 0.3) is 0 Å². The van der Waals surface area contributed by atoms with Gasteiger partial charge in [0.1, 0.15) is 5.60 Å². The molecule has 0 saturated heterocycles. The van der Waals surface area contributed by atoms with Crippen molar-refractivity contribution in [1.82, 2.24) is 9.78 Å². The molecule has 1 atom stereocenters. The van der Waals surface area contributed by atoms with Crippen molar-refractivity contribution >= 4 is 27.5 Å². The van der Waals surface area contributed by atoms with E-state index in [9.17, 15) is 5.11 Å². The van der Waals surface area contributed by atoms with Crippen molar-refractivity contribution < 1.29 is 5.11 Å². The van der Waals surface area contributed by atoms with Gasteiger partial charge < -0.3 is 5.11 Å². The number of rotatable bonds is 2. The van der Waals surface area contributed by atoms with Crippen LogP contribution in [0.2, 0.25) is 5.02 Å². The molecular formula is C12H12BrClN2O. The highest BCUT2D eigenvalue weighted by Gasteiger charge is 2.32. The lowest BCUT2D eigenvalue weighted by atomic mass is 9.92. The largest absolute Gasteiger partial charge is 0.379 e. The number of hydrogen-bond acceptors (Lipinski definition) is 2. The number of halogens is 2. The summed E-state index contributed by atoms with van der Waals surface area (Å²) in [6, 6.07) is 7.25. The molecule has 0 aliphatic heterocycles. The first-order valence-corrected chi connectivity index (χ1v) is 6.27. The smallest absolute Gasteiger partial charge is 0.131 e. The molecule has 90 valence electrons. The summed E-state index contributed by atoms with van der Waals surface area (Å²) >= 11 is 9.51. The maximum atomic E-state index is 10.7. The van der Waals surface area contributed by atoms with Crippen LogP contribution in [0.1, 0.15) is 18.2 Å². The van der Waals surface area contributed by atoms with Crippen LogP contribution in [0.3, 0.4) is 0 Å². The molecule has 0 aliphatic carbocycles. The third kappa shape index (κ3) is 2.12. The zero-order valence-electron chi connectivity index (χ0n) is 9.48. The van der Waals surface area contributed by atoms with Crippen LogP contribution in [0.15, 0.2) is 34.9 Å². The minimum absolute atomic E-state index is 0.533. The first-order valence-electron chi connectivity index (χ1n) is 5.10. The second kappa shape index (κ2) is 4.44. The zero-order valence-corrected chi connectivity index (χ0v) is 11.8. The number of hydrogen-bond donors (Lipinski definition) is 1. The Balaban J connectivity index is 2.62. The Morgan fingerprint density at radius 2 is 2.06 bits per heavy atom. The number of nitrogens with zero attached hydrogens (tertiary/aromatic N) is 2. The molecule has 5 heteroatoms. The number of aliphatic hydroxyl groups is 1. The minimum atomic E-state index is -1.19. The van der Waals surface area contributed by atoms with E-state index in [1.165, 1.54) is 0 Å². The summed E-state index contributed by atoms with van der Waals surface area (Å²) in [5.41, 5.74) is 0.138. The van der Waals surface area contributed by atoms with Crippen molar-refractivity contribution in [2.24, 2.45) is 7.05 Å². The lowest BCUT2D eigenvalue weighted by Crippen LogP contribution is -2.27. The van der Waals surface area contributed by atoms with E-state index in [0.717, 1.165) is 4.47 Å². The number of benzene rings is 1. The molecule has 2 aromatic rings. The molecule has 0 aliphatic rings. The molecule has 0 radical (unpaired) electrons. The predicted molar refractivity (Wildman–Crippen MR) is 71.0 cm³/mol. The predicted octanol–water partition coefficient (Wildman–Crippen LogP) is 3.09. The van der Waals surface area contributed by atoms with Crippen LogP contribution in [0.4, 0.5) is 0 Å². The van der Waals surface area contributed by atoms with Crippen LogP contribution < -0.4 is 0 Å². The van der Waals surface area contributed by atoms with Crippen molar-refractivity contribution in [3.63, 3.8) is 0 Å². The van der Waals surface area contributed by atoms with E-state index in [0.29, 0.717) is 16.3 Å². The Kier molecular flexibility index (Phi) is 3.30. The van der Waals surface area contributed by atoms with Gasteiger partial charge in [-0.1, -0.05) is 29.8 Å². The van der Waals surface area contributed by atoms with Crippen LogP contribution >= 0.6 is 27.5 Å². The van der Waals surface area contributed by atoms with E-state index < -0.39 is 5.60 Å². The van der Waals surface area contributed by atoms with Gasteiger partial charge in [-0.25, -0.2) is 0 Å². The summed E-state index contributed by atoms with van der Waals surface area (Å²) in [5.74, 6) is 0. The summed E-state index contributed by atoms with van der Waals surface area (Å²) in [4.78, 5) is 0. The Hall–Kier alpha value is -0.840. The first-order chi connectivity index (χ1) is 7.94. The van der Waals surface area contributed by atoms with Crippen LogP contribution in [-0.2, 0) is 12.6 Å². The highest BCUT2D eigenvalue weighted by molar-refractivity contribution is 9.10. The van der Waals surface area contributed by atoms with Gasteiger partial charge in [0.05, 0.1) is 16.4 Å². The van der Waals surface area contributed by atoms with Crippen molar-refractivity contribution in [1.29, 1.82) is 0 Å². The summed E-state index contributed by atoms with van der Waals surface area (Å²) in [7, 11) is 1.78. The highest BCUT2D eigenvalue weighted by atomic mass is 79.9. The van der Waals surface area contributed by atoms with Gasteiger partial charge in [0.15, 0.2) is 0 Å². The lowest BCUT2D eigenvalue weighted by molar-refractivity contribution is 0.0922. The molecule has 1 heterocycles. The summed E-state index contributed by atoms with van der Waals surface area (Å²) in [5, 5.41) is 15.4. The molecule has 3 nitrogen and oxygen atoms in total. The second-order valence-corrected chi connectivity index (χ2v) is 5.28. The second-order valence-electron chi connectivity index (χ2n) is 4.02. The highest BCUT2D eigenvalue weighted by Crippen LogP contribution is 2.36. The molecule has 0 amide bonds. The molecule has 1 unspecified atom stereocenters. The van der Waals surface area contributed by atoms with Gasteiger partial charge in [-0.2, -0.15) is 5.10 Å². The maximum Gasteiger partial charge on any atom is 0.131 e. The normalized spacial score (nSPS) is 14.6. The van der Waals surface area contributed by atoms with Gasteiger partial charge in [0.2, 0.25) is 0 Å². The third-order valence-corrected chi connectivity index (χ3v) is 3.66. The zero-order chi connectivity index (χ0) is 12.6. The Labute approximate surface area is 113 Å². The Bertz CT molecular complexity index is 532. The van der Waals surface area contributed by atoms with Gasteiger partial charge >= 0.3 is 0 Å².